The van der Waals surface area contributed by atoms with Crippen LogP contribution in [0.5, 0.6) is 0 Å². The van der Waals surface area contributed by atoms with E-state index < -0.39 is 13.9 Å². The first kappa shape index (κ1) is 15.3. The molecule has 0 aromatic carbocycles. The van der Waals surface area contributed by atoms with Crippen molar-refractivity contribution in [2.24, 2.45) is 0 Å². The first-order chi connectivity index (χ1) is 7.64. The average Bonchev–Trinajstić information content (AvgIpc) is 2.65. The summed E-state index contributed by atoms with van der Waals surface area (Å²) in [7, 11) is 0.481. The predicted molar refractivity (Wildman–Crippen MR) is 87.8 cm³/mol. The molecule has 0 amide bonds. The Balaban J connectivity index is 2.99. The van der Waals surface area contributed by atoms with Crippen LogP contribution in [0.15, 0.2) is 0 Å². The van der Waals surface area contributed by atoms with Gasteiger partial charge in [0.05, 0.1) is 50.9 Å². The van der Waals surface area contributed by atoms with Crippen LogP contribution in [0.3, 0.4) is 0 Å². The third-order valence-corrected chi connectivity index (χ3v) is 33.2. The van der Waals surface area contributed by atoms with Crippen molar-refractivity contribution in [3.8, 4) is 0 Å². The Kier molecular flexibility index (Phi) is 6.19. The molecule has 0 aromatic rings. The molecule has 1 rings (SSSR count). The lowest BCUT2D eigenvalue weighted by Crippen LogP contribution is -1.99. The summed E-state index contributed by atoms with van der Waals surface area (Å²) in [5.74, 6) is 0. The highest BCUT2D eigenvalue weighted by molar-refractivity contribution is 8.71. The summed E-state index contributed by atoms with van der Waals surface area (Å²) >= 11 is 0. The van der Waals surface area contributed by atoms with Gasteiger partial charge in [0.2, 0.25) is 7.30 Å². The summed E-state index contributed by atoms with van der Waals surface area (Å²) in [5.41, 5.74) is 0. The summed E-state index contributed by atoms with van der Waals surface area (Å²) in [4.78, 5) is 0. The second-order valence-electron chi connectivity index (χ2n) is 5.00. The fraction of sp³-hybridized carbons (Fsp3) is 1.00. The van der Waals surface area contributed by atoms with E-state index in [1.54, 1.807) is 43.1 Å². The maximum absolute atomic E-state index is 2.51. The first-order valence-corrected chi connectivity index (χ1v) is 14.8. The molecule has 1 saturated heterocycles. The van der Waals surface area contributed by atoms with Crippen molar-refractivity contribution in [3.05, 3.63) is 0 Å². The molecular weight excluding hydrogens is 249 g/mol. The van der Waals surface area contributed by atoms with Crippen molar-refractivity contribution >= 4 is 21.2 Å². The molecule has 0 spiro atoms. The summed E-state index contributed by atoms with van der Waals surface area (Å²) in [6.45, 7) is 11.5. The molecule has 0 N–H and O–H groups in total. The molecule has 1 aliphatic rings. The fourth-order valence-corrected chi connectivity index (χ4v) is 38.8. The number of rotatable bonds is 6. The SMILES string of the molecule is CCCP1[P+](CC)(CC)CC[P+]1(CC)CC. The van der Waals surface area contributed by atoms with Crippen molar-refractivity contribution < 1.29 is 0 Å². The van der Waals surface area contributed by atoms with E-state index in [-0.39, 0.29) is 0 Å². The minimum atomic E-state index is -0.476. The smallest absolute Gasteiger partial charge is 0.0648 e. The Bertz CT molecular complexity index is 187. The molecule has 0 radical (unpaired) electrons. The van der Waals surface area contributed by atoms with Gasteiger partial charge in [0.1, 0.15) is 0 Å². The van der Waals surface area contributed by atoms with Crippen LogP contribution in [0.1, 0.15) is 41.0 Å². The predicted octanol–water partition coefficient (Wildman–Crippen LogP) is 5.84. The van der Waals surface area contributed by atoms with Gasteiger partial charge in [-0.3, -0.25) is 0 Å². The van der Waals surface area contributed by atoms with Gasteiger partial charge in [-0.05, 0) is 34.1 Å². The molecule has 3 heteroatoms. The van der Waals surface area contributed by atoms with E-state index >= 15 is 0 Å². The fourth-order valence-electron chi connectivity index (χ4n) is 3.36. The summed E-state index contributed by atoms with van der Waals surface area (Å²) < 4.78 is 0. The standard InChI is InChI=1S/C13H31P3/c1-6-11-14-15(7-2,8-3)12-13-16(14,9-4)10-5/h6-13H2,1-5H3/q+2. The second-order valence-corrected chi connectivity index (χ2v) is 22.9. The van der Waals surface area contributed by atoms with E-state index in [4.69, 9.17) is 0 Å². The molecular formula is C13H31P3+2. The van der Waals surface area contributed by atoms with Gasteiger partial charge in [-0.1, -0.05) is 6.92 Å². The highest BCUT2D eigenvalue weighted by Crippen LogP contribution is 3.07. The molecule has 1 aliphatic heterocycles. The van der Waals surface area contributed by atoms with Gasteiger partial charge in [0.15, 0.2) is 0 Å². The Hall–Kier alpha value is 1.29. The van der Waals surface area contributed by atoms with E-state index in [9.17, 15) is 0 Å². The lowest BCUT2D eigenvalue weighted by Gasteiger charge is -2.29. The lowest BCUT2D eigenvalue weighted by molar-refractivity contribution is 1.10. The molecule has 0 atom stereocenters. The molecule has 1 fully saturated rings. The number of hydrogen-bond donors (Lipinski definition) is 0. The molecule has 96 valence electrons. The molecule has 0 unspecified atom stereocenters. The third-order valence-electron chi connectivity index (χ3n) is 4.69. The van der Waals surface area contributed by atoms with Crippen LogP contribution in [0.25, 0.3) is 0 Å². The molecule has 0 aliphatic carbocycles. The van der Waals surface area contributed by atoms with Crippen LogP contribution in [-0.4, -0.2) is 43.1 Å². The molecule has 0 bridgehead atoms. The van der Waals surface area contributed by atoms with Gasteiger partial charge in [-0.25, -0.2) is 0 Å². The van der Waals surface area contributed by atoms with E-state index in [0.717, 1.165) is 0 Å². The Morgan fingerprint density at radius 1 is 0.750 bits per heavy atom. The average molecular weight is 280 g/mol. The second kappa shape index (κ2) is 6.45. The summed E-state index contributed by atoms with van der Waals surface area (Å²) in [6, 6.07) is 0. The van der Waals surface area contributed by atoms with Crippen LogP contribution in [0, 0.1) is 0 Å². The van der Waals surface area contributed by atoms with Crippen molar-refractivity contribution in [2.45, 2.75) is 41.0 Å². The van der Waals surface area contributed by atoms with Crippen LogP contribution in [-0.2, 0) is 0 Å². The maximum Gasteiger partial charge on any atom is 0.208 e. The molecule has 0 nitrogen and oxygen atoms in total. The topological polar surface area (TPSA) is 0 Å². The highest BCUT2D eigenvalue weighted by Gasteiger charge is 2.65. The third kappa shape index (κ3) is 2.51. The maximum atomic E-state index is 2.51. The molecule has 16 heavy (non-hydrogen) atoms. The van der Waals surface area contributed by atoms with Crippen LogP contribution in [0.4, 0.5) is 0 Å². The normalized spacial score (nSPS) is 23.8. The van der Waals surface area contributed by atoms with E-state index in [1.807, 2.05) is 0 Å². The zero-order valence-corrected chi connectivity index (χ0v) is 14.7. The van der Waals surface area contributed by atoms with Gasteiger partial charge in [0.25, 0.3) is 0 Å². The summed E-state index contributed by atoms with van der Waals surface area (Å²) in [5, 5.41) is 0. The van der Waals surface area contributed by atoms with Gasteiger partial charge in [0, 0.05) is 6.16 Å². The minimum absolute atomic E-state index is 0.476. The van der Waals surface area contributed by atoms with Gasteiger partial charge < -0.3 is 0 Å². The van der Waals surface area contributed by atoms with Gasteiger partial charge >= 0.3 is 0 Å². The van der Waals surface area contributed by atoms with Crippen LogP contribution < -0.4 is 0 Å². The van der Waals surface area contributed by atoms with E-state index in [1.165, 1.54) is 6.42 Å². The minimum Gasteiger partial charge on any atom is -0.0648 e. The lowest BCUT2D eigenvalue weighted by atomic mass is 10.6. The monoisotopic (exact) mass is 280 g/mol. The van der Waals surface area contributed by atoms with Crippen molar-refractivity contribution in [1.82, 2.24) is 0 Å². The molecule has 1 heterocycles. The van der Waals surface area contributed by atoms with E-state index in [2.05, 4.69) is 34.6 Å². The zero-order chi connectivity index (χ0) is 12.2. The van der Waals surface area contributed by atoms with Crippen molar-refractivity contribution in [3.63, 3.8) is 0 Å². The number of hydrogen-bond acceptors (Lipinski definition) is 0. The Labute approximate surface area is 106 Å². The highest BCUT2D eigenvalue weighted by atomic mass is 32.5. The van der Waals surface area contributed by atoms with Gasteiger partial charge in [-0.2, -0.15) is 0 Å². The van der Waals surface area contributed by atoms with E-state index in [0.29, 0.717) is 7.30 Å². The largest absolute Gasteiger partial charge is 0.208 e. The van der Waals surface area contributed by atoms with Gasteiger partial charge in [-0.15, -0.1) is 0 Å². The molecule has 0 aromatic heterocycles. The van der Waals surface area contributed by atoms with Crippen LogP contribution >= 0.6 is 21.2 Å². The summed E-state index contributed by atoms with van der Waals surface area (Å²) in [6.07, 6.45) is 12.7. The van der Waals surface area contributed by atoms with Crippen molar-refractivity contribution in [2.75, 3.05) is 43.1 Å². The zero-order valence-electron chi connectivity index (χ0n) is 12.0. The van der Waals surface area contributed by atoms with Crippen LogP contribution in [0.2, 0.25) is 0 Å². The first-order valence-electron chi connectivity index (χ1n) is 7.15. The quantitative estimate of drug-likeness (QED) is 0.536. The molecule has 0 saturated carbocycles. The Morgan fingerprint density at radius 3 is 1.38 bits per heavy atom. The Morgan fingerprint density at radius 2 is 1.12 bits per heavy atom. The van der Waals surface area contributed by atoms with Crippen molar-refractivity contribution in [1.29, 1.82) is 0 Å².